The molecule has 1 N–H and O–H groups in total. The maximum atomic E-state index is 14.0. The zero-order valence-corrected chi connectivity index (χ0v) is 15.2. The number of thioether (sulfide) groups is 1. The summed E-state index contributed by atoms with van der Waals surface area (Å²) in [5.41, 5.74) is 0.0581. The van der Waals surface area contributed by atoms with Crippen molar-refractivity contribution in [1.82, 2.24) is 0 Å². The lowest BCUT2D eigenvalue weighted by molar-refractivity contribution is -0.139. The van der Waals surface area contributed by atoms with E-state index in [0.29, 0.717) is 17.2 Å². The molecule has 7 heteroatoms. The number of carbonyl (C=O) groups is 2. The zero-order chi connectivity index (χ0) is 17.6. The van der Waals surface area contributed by atoms with Crippen LogP contribution in [-0.2, 0) is 14.3 Å². The first-order valence-electron chi connectivity index (χ1n) is 7.28. The van der Waals surface area contributed by atoms with Crippen molar-refractivity contribution >= 4 is 40.9 Å². The van der Waals surface area contributed by atoms with Gasteiger partial charge in [-0.1, -0.05) is 25.4 Å². The van der Waals surface area contributed by atoms with E-state index in [9.17, 15) is 14.0 Å². The molecule has 0 saturated carbocycles. The van der Waals surface area contributed by atoms with Crippen LogP contribution in [-0.4, -0.2) is 24.2 Å². The van der Waals surface area contributed by atoms with Gasteiger partial charge in [0.05, 0.1) is 17.8 Å². The molecule has 0 bridgehead atoms. The van der Waals surface area contributed by atoms with Crippen LogP contribution in [0.25, 0.3) is 0 Å². The summed E-state index contributed by atoms with van der Waals surface area (Å²) in [6.07, 6.45) is 1.04. The number of hydrogen-bond donors (Lipinski definition) is 1. The first-order chi connectivity index (χ1) is 10.7. The second-order valence-electron chi connectivity index (χ2n) is 5.53. The summed E-state index contributed by atoms with van der Waals surface area (Å²) in [4.78, 5) is 23.8. The van der Waals surface area contributed by atoms with Crippen LogP contribution in [0.5, 0.6) is 0 Å². The third kappa shape index (κ3) is 6.39. The Morgan fingerprint density at radius 1 is 1.35 bits per heavy atom. The molecule has 0 aliphatic heterocycles. The number of benzene rings is 1. The number of amides is 1. The number of hydrogen-bond acceptors (Lipinski definition) is 4. The van der Waals surface area contributed by atoms with Gasteiger partial charge >= 0.3 is 5.97 Å². The van der Waals surface area contributed by atoms with E-state index < -0.39 is 17.0 Å². The Morgan fingerprint density at radius 2 is 2.00 bits per heavy atom. The number of anilines is 1. The van der Waals surface area contributed by atoms with Crippen molar-refractivity contribution in [2.24, 2.45) is 5.92 Å². The van der Waals surface area contributed by atoms with E-state index in [1.54, 1.807) is 6.92 Å². The van der Waals surface area contributed by atoms with E-state index in [4.69, 9.17) is 11.6 Å². The average Bonchev–Trinajstić information content (AvgIpc) is 2.48. The summed E-state index contributed by atoms with van der Waals surface area (Å²) in [5, 5.41) is 2.24. The minimum atomic E-state index is -0.608. The Hall–Kier alpha value is -1.27. The molecule has 0 radical (unpaired) electrons. The fraction of sp³-hybridized carbons (Fsp3) is 0.500. The maximum absolute atomic E-state index is 14.0. The summed E-state index contributed by atoms with van der Waals surface area (Å²) in [5.74, 6) is -0.874. The molecule has 23 heavy (non-hydrogen) atoms. The Morgan fingerprint density at radius 3 is 2.57 bits per heavy atom. The molecule has 1 rings (SSSR count). The monoisotopic (exact) mass is 361 g/mol. The molecular weight excluding hydrogens is 341 g/mol. The summed E-state index contributed by atoms with van der Waals surface area (Å²) < 4.78 is 18.6. The minimum Gasteiger partial charge on any atom is -0.468 e. The standard InChI is InChI=1S/C16H21ClFNO3S/c1-9(2)5-6-15(20)19-13-8-14(11(17)7-12(13)18)23-10(3)16(21)22-4/h7-10H,5-6H2,1-4H3,(H,19,20). The van der Waals surface area contributed by atoms with Crippen LogP contribution in [0.1, 0.15) is 33.6 Å². The van der Waals surface area contributed by atoms with Crippen LogP contribution in [0.4, 0.5) is 10.1 Å². The molecule has 128 valence electrons. The molecule has 1 atom stereocenters. The molecular formula is C16H21ClFNO3S. The highest BCUT2D eigenvalue weighted by atomic mass is 35.5. The van der Waals surface area contributed by atoms with Crippen LogP contribution in [0.3, 0.4) is 0 Å². The molecule has 1 aromatic carbocycles. The van der Waals surface area contributed by atoms with Crippen LogP contribution >= 0.6 is 23.4 Å². The van der Waals surface area contributed by atoms with Gasteiger partial charge in [-0.05, 0) is 31.4 Å². The van der Waals surface area contributed by atoms with Crippen molar-refractivity contribution in [3.05, 3.63) is 23.0 Å². The fourth-order valence-electron chi connectivity index (χ4n) is 1.75. The highest BCUT2D eigenvalue weighted by molar-refractivity contribution is 8.00. The highest BCUT2D eigenvalue weighted by Crippen LogP contribution is 2.34. The molecule has 0 aliphatic rings. The number of halogens is 2. The predicted molar refractivity (Wildman–Crippen MR) is 91.4 cm³/mol. The van der Waals surface area contributed by atoms with Gasteiger partial charge in [0, 0.05) is 11.3 Å². The molecule has 0 aliphatic carbocycles. The molecule has 0 saturated heterocycles. The van der Waals surface area contributed by atoms with E-state index in [1.165, 1.54) is 13.2 Å². The van der Waals surface area contributed by atoms with Gasteiger partial charge in [0.1, 0.15) is 11.1 Å². The van der Waals surface area contributed by atoms with Gasteiger partial charge < -0.3 is 10.1 Å². The lowest BCUT2D eigenvalue weighted by Gasteiger charge is -2.13. The molecule has 4 nitrogen and oxygen atoms in total. The third-order valence-electron chi connectivity index (χ3n) is 3.08. The second-order valence-corrected chi connectivity index (χ2v) is 7.32. The molecule has 1 amide bonds. The van der Waals surface area contributed by atoms with Gasteiger partial charge in [0.25, 0.3) is 0 Å². The Bertz CT molecular complexity index is 581. The molecule has 0 aromatic heterocycles. The molecule has 0 spiro atoms. The SMILES string of the molecule is COC(=O)C(C)Sc1cc(NC(=O)CCC(C)C)c(F)cc1Cl. The van der Waals surface area contributed by atoms with Crippen molar-refractivity contribution in [3.63, 3.8) is 0 Å². The second kappa shape index (κ2) is 9.13. The minimum absolute atomic E-state index is 0.0581. The number of ether oxygens (including phenoxy) is 1. The maximum Gasteiger partial charge on any atom is 0.318 e. The smallest absolute Gasteiger partial charge is 0.318 e. The van der Waals surface area contributed by atoms with Gasteiger partial charge in [0.15, 0.2) is 0 Å². The normalized spacial score (nSPS) is 12.1. The first-order valence-corrected chi connectivity index (χ1v) is 8.53. The number of carbonyl (C=O) groups excluding carboxylic acids is 2. The summed E-state index contributed by atoms with van der Waals surface area (Å²) in [6, 6.07) is 2.57. The van der Waals surface area contributed by atoms with E-state index in [2.05, 4.69) is 10.1 Å². The van der Waals surface area contributed by atoms with Crippen LogP contribution in [0, 0.1) is 11.7 Å². The Labute approximate surface area is 145 Å². The van der Waals surface area contributed by atoms with Gasteiger partial charge in [-0.2, -0.15) is 0 Å². The van der Waals surface area contributed by atoms with E-state index >= 15 is 0 Å². The molecule has 0 heterocycles. The molecule has 1 aromatic rings. The molecule has 1 unspecified atom stereocenters. The van der Waals surface area contributed by atoms with Gasteiger partial charge in [-0.25, -0.2) is 4.39 Å². The van der Waals surface area contributed by atoms with Gasteiger partial charge in [-0.15, -0.1) is 11.8 Å². The average molecular weight is 362 g/mol. The van der Waals surface area contributed by atoms with Crippen LogP contribution in [0.2, 0.25) is 5.02 Å². The number of rotatable bonds is 7. The fourth-order valence-corrected chi connectivity index (χ4v) is 2.97. The largest absolute Gasteiger partial charge is 0.468 e. The highest BCUT2D eigenvalue weighted by Gasteiger charge is 2.18. The lowest BCUT2D eigenvalue weighted by Crippen LogP contribution is -2.15. The number of methoxy groups -OCH3 is 1. The van der Waals surface area contributed by atoms with Gasteiger partial charge in [-0.3, -0.25) is 9.59 Å². The van der Waals surface area contributed by atoms with Crippen molar-refractivity contribution in [1.29, 1.82) is 0 Å². The first kappa shape index (κ1) is 19.8. The van der Waals surface area contributed by atoms with E-state index in [-0.39, 0.29) is 16.6 Å². The predicted octanol–water partition coefficient (Wildman–Crippen LogP) is 4.51. The lowest BCUT2D eigenvalue weighted by atomic mass is 10.1. The zero-order valence-electron chi connectivity index (χ0n) is 13.6. The van der Waals surface area contributed by atoms with E-state index in [0.717, 1.165) is 24.2 Å². The number of nitrogens with one attached hydrogen (secondary N) is 1. The van der Waals surface area contributed by atoms with E-state index in [1.807, 2.05) is 13.8 Å². The summed E-state index contributed by atoms with van der Waals surface area (Å²) in [7, 11) is 1.30. The van der Waals surface area contributed by atoms with Crippen molar-refractivity contribution in [3.8, 4) is 0 Å². The van der Waals surface area contributed by atoms with Gasteiger partial charge in [0.2, 0.25) is 5.91 Å². The third-order valence-corrected chi connectivity index (χ3v) is 4.64. The summed E-state index contributed by atoms with van der Waals surface area (Å²) in [6.45, 7) is 5.69. The van der Waals surface area contributed by atoms with Crippen molar-refractivity contribution < 1.29 is 18.7 Å². The molecule has 0 fully saturated rings. The van der Waals surface area contributed by atoms with Crippen molar-refractivity contribution in [2.75, 3.05) is 12.4 Å². The quantitative estimate of drug-likeness (QED) is 0.573. The topological polar surface area (TPSA) is 55.4 Å². The Balaban J connectivity index is 2.87. The van der Waals surface area contributed by atoms with Crippen LogP contribution in [0.15, 0.2) is 17.0 Å². The van der Waals surface area contributed by atoms with Crippen LogP contribution < -0.4 is 5.32 Å². The number of esters is 1. The summed E-state index contributed by atoms with van der Waals surface area (Å²) >= 11 is 7.15. The Kier molecular flexibility index (Phi) is 7.85. The van der Waals surface area contributed by atoms with Crippen molar-refractivity contribution in [2.45, 2.75) is 43.8 Å².